The highest BCUT2D eigenvalue weighted by Crippen LogP contribution is 2.20. The summed E-state index contributed by atoms with van der Waals surface area (Å²) in [5.41, 5.74) is 1.51. The Morgan fingerprint density at radius 3 is 2.86 bits per heavy atom. The number of hydrogen-bond acceptors (Lipinski definition) is 5. The molecule has 0 atom stereocenters. The molecule has 0 saturated carbocycles. The highest BCUT2D eigenvalue weighted by molar-refractivity contribution is 5.94. The van der Waals surface area contributed by atoms with Crippen molar-refractivity contribution in [1.29, 1.82) is 0 Å². The summed E-state index contributed by atoms with van der Waals surface area (Å²) in [6.07, 6.45) is 5.79. The fourth-order valence-electron chi connectivity index (χ4n) is 3.50. The fourth-order valence-corrected chi connectivity index (χ4v) is 3.50. The van der Waals surface area contributed by atoms with E-state index in [9.17, 15) is 9.59 Å². The number of aromatic nitrogens is 1. The lowest BCUT2D eigenvalue weighted by Crippen LogP contribution is -2.38. The van der Waals surface area contributed by atoms with Gasteiger partial charge in [-0.15, -0.1) is 0 Å². The number of furan rings is 1. The lowest BCUT2D eigenvalue weighted by atomic mass is 10.0. The molecule has 0 radical (unpaired) electrons. The summed E-state index contributed by atoms with van der Waals surface area (Å²) in [5.74, 6) is 1.67. The number of rotatable bonds is 4. The summed E-state index contributed by atoms with van der Waals surface area (Å²) in [7, 11) is 0. The third-order valence-electron chi connectivity index (χ3n) is 5.25. The van der Waals surface area contributed by atoms with Crippen LogP contribution in [0.4, 0.5) is 10.6 Å². The molecule has 0 aromatic carbocycles. The monoisotopic (exact) mass is 384 g/mol. The molecule has 4 heterocycles. The zero-order valence-electron chi connectivity index (χ0n) is 15.6. The number of anilines is 1. The van der Waals surface area contributed by atoms with Crippen LogP contribution < -0.4 is 10.6 Å². The minimum absolute atomic E-state index is 0.152. The molecule has 28 heavy (non-hydrogen) atoms. The summed E-state index contributed by atoms with van der Waals surface area (Å²) in [6, 6.07) is 5.00. The first-order valence-electron chi connectivity index (χ1n) is 9.62. The highest BCUT2D eigenvalue weighted by atomic mass is 16.5. The SMILES string of the molecule is O=C(NCC1CCOCC1)c1ccc(NC(=O)N2CCc3occc3C2)nc1. The maximum absolute atomic E-state index is 12.5. The maximum atomic E-state index is 12.5. The van der Waals surface area contributed by atoms with Gasteiger partial charge in [0.05, 0.1) is 18.4 Å². The van der Waals surface area contributed by atoms with Gasteiger partial charge in [0.2, 0.25) is 0 Å². The van der Waals surface area contributed by atoms with E-state index in [0.717, 1.165) is 37.4 Å². The number of hydrogen-bond donors (Lipinski definition) is 2. The number of nitrogens with zero attached hydrogens (tertiary/aromatic N) is 2. The molecule has 8 nitrogen and oxygen atoms in total. The van der Waals surface area contributed by atoms with Crippen molar-refractivity contribution in [3.63, 3.8) is 0 Å². The first-order valence-corrected chi connectivity index (χ1v) is 9.62. The molecular formula is C20H24N4O4. The van der Waals surface area contributed by atoms with Crippen LogP contribution in [0.2, 0.25) is 0 Å². The zero-order chi connectivity index (χ0) is 19.3. The largest absolute Gasteiger partial charge is 0.469 e. The van der Waals surface area contributed by atoms with E-state index in [1.165, 1.54) is 6.20 Å². The van der Waals surface area contributed by atoms with Crippen LogP contribution in [-0.2, 0) is 17.7 Å². The molecule has 3 amide bonds. The Balaban J connectivity index is 1.28. The van der Waals surface area contributed by atoms with Gasteiger partial charge in [0.1, 0.15) is 11.6 Å². The van der Waals surface area contributed by atoms with Gasteiger partial charge in [-0.25, -0.2) is 9.78 Å². The number of carbonyl (C=O) groups is 2. The smallest absolute Gasteiger partial charge is 0.323 e. The molecule has 8 heteroatoms. The van der Waals surface area contributed by atoms with E-state index >= 15 is 0 Å². The lowest BCUT2D eigenvalue weighted by molar-refractivity contribution is 0.0642. The second-order valence-electron chi connectivity index (χ2n) is 7.17. The molecule has 2 aliphatic rings. The van der Waals surface area contributed by atoms with E-state index in [0.29, 0.717) is 43.4 Å². The number of fused-ring (bicyclic) bond motifs is 1. The standard InChI is InChI=1S/C20H24N4O4/c25-19(22-11-14-4-8-27-9-5-14)15-1-2-18(21-12-15)23-20(26)24-7-3-17-16(13-24)6-10-28-17/h1-2,6,10,12,14H,3-5,7-9,11,13H2,(H,22,25)(H,21,23,26). The van der Waals surface area contributed by atoms with Crippen LogP contribution in [0.15, 0.2) is 35.1 Å². The van der Waals surface area contributed by atoms with E-state index in [2.05, 4.69) is 15.6 Å². The summed E-state index contributed by atoms with van der Waals surface area (Å²) in [4.78, 5) is 30.6. The Morgan fingerprint density at radius 2 is 2.07 bits per heavy atom. The van der Waals surface area contributed by atoms with Crippen molar-refractivity contribution in [2.24, 2.45) is 5.92 Å². The van der Waals surface area contributed by atoms with Gasteiger partial charge in [0, 0.05) is 44.5 Å². The van der Waals surface area contributed by atoms with E-state index in [-0.39, 0.29) is 11.9 Å². The molecule has 0 bridgehead atoms. The second-order valence-corrected chi connectivity index (χ2v) is 7.17. The van der Waals surface area contributed by atoms with Gasteiger partial charge in [-0.2, -0.15) is 0 Å². The number of pyridine rings is 1. The molecule has 1 saturated heterocycles. The van der Waals surface area contributed by atoms with Gasteiger partial charge in [0.15, 0.2) is 0 Å². The molecule has 4 rings (SSSR count). The molecule has 0 spiro atoms. The van der Waals surface area contributed by atoms with Gasteiger partial charge in [0.25, 0.3) is 5.91 Å². The van der Waals surface area contributed by atoms with E-state index in [1.807, 2.05) is 6.07 Å². The van der Waals surface area contributed by atoms with Crippen LogP contribution in [-0.4, -0.2) is 48.1 Å². The minimum Gasteiger partial charge on any atom is -0.469 e. The van der Waals surface area contributed by atoms with Crippen molar-refractivity contribution in [3.05, 3.63) is 47.5 Å². The summed E-state index contributed by atoms with van der Waals surface area (Å²) in [5, 5.41) is 5.73. The molecule has 148 valence electrons. The predicted molar refractivity (Wildman–Crippen MR) is 102 cm³/mol. The van der Waals surface area contributed by atoms with Crippen molar-refractivity contribution in [1.82, 2.24) is 15.2 Å². The Labute approximate surface area is 163 Å². The first kappa shape index (κ1) is 18.5. The number of nitrogens with one attached hydrogen (secondary N) is 2. The summed E-state index contributed by atoms with van der Waals surface area (Å²) >= 11 is 0. The normalized spacial score (nSPS) is 17.1. The van der Waals surface area contributed by atoms with Crippen LogP contribution in [0.25, 0.3) is 0 Å². The minimum atomic E-state index is -0.212. The number of urea groups is 1. The van der Waals surface area contributed by atoms with Crippen molar-refractivity contribution >= 4 is 17.8 Å². The number of ether oxygens (including phenoxy) is 1. The average Bonchev–Trinajstić information content (AvgIpc) is 3.21. The van der Waals surface area contributed by atoms with Crippen LogP contribution in [0.5, 0.6) is 0 Å². The van der Waals surface area contributed by atoms with Gasteiger partial charge in [-0.3, -0.25) is 10.1 Å². The maximum Gasteiger partial charge on any atom is 0.323 e. The molecule has 0 aliphatic carbocycles. The molecule has 2 aromatic rings. The van der Waals surface area contributed by atoms with Gasteiger partial charge in [-0.05, 0) is 37.0 Å². The Kier molecular flexibility index (Phi) is 5.57. The molecular weight excluding hydrogens is 360 g/mol. The van der Waals surface area contributed by atoms with Crippen LogP contribution in [0, 0.1) is 5.92 Å². The quantitative estimate of drug-likeness (QED) is 0.844. The third-order valence-corrected chi connectivity index (χ3v) is 5.25. The van der Waals surface area contributed by atoms with Gasteiger partial charge in [-0.1, -0.05) is 0 Å². The Hall–Kier alpha value is -2.87. The van der Waals surface area contributed by atoms with Gasteiger partial charge >= 0.3 is 6.03 Å². The Morgan fingerprint density at radius 1 is 1.21 bits per heavy atom. The number of carbonyl (C=O) groups excluding carboxylic acids is 2. The van der Waals surface area contributed by atoms with Crippen LogP contribution in [0.1, 0.15) is 34.5 Å². The fraction of sp³-hybridized carbons (Fsp3) is 0.450. The van der Waals surface area contributed by atoms with Crippen molar-refractivity contribution in [2.75, 3.05) is 31.6 Å². The predicted octanol–water partition coefficient (Wildman–Crippen LogP) is 2.42. The van der Waals surface area contributed by atoms with E-state index in [1.54, 1.807) is 23.3 Å². The van der Waals surface area contributed by atoms with Crippen molar-refractivity contribution in [2.45, 2.75) is 25.8 Å². The second kappa shape index (κ2) is 8.43. The van der Waals surface area contributed by atoms with Crippen molar-refractivity contribution < 1.29 is 18.7 Å². The molecule has 2 aromatic heterocycles. The highest BCUT2D eigenvalue weighted by Gasteiger charge is 2.23. The Bertz CT molecular complexity index is 827. The number of amides is 3. The molecule has 1 fully saturated rings. The summed E-state index contributed by atoms with van der Waals surface area (Å²) < 4.78 is 10.7. The van der Waals surface area contributed by atoms with E-state index in [4.69, 9.17) is 9.15 Å². The van der Waals surface area contributed by atoms with Crippen molar-refractivity contribution in [3.8, 4) is 0 Å². The van der Waals surface area contributed by atoms with Gasteiger partial charge < -0.3 is 19.4 Å². The average molecular weight is 384 g/mol. The first-order chi connectivity index (χ1) is 13.7. The lowest BCUT2D eigenvalue weighted by Gasteiger charge is -2.26. The molecule has 0 unspecified atom stereocenters. The van der Waals surface area contributed by atoms with Crippen LogP contribution >= 0.6 is 0 Å². The van der Waals surface area contributed by atoms with E-state index < -0.39 is 0 Å². The summed E-state index contributed by atoms with van der Waals surface area (Å²) in [6.45, 7) is 3.28. The molecule has 2 N–H and O–H groups in total. The third kappa shape index (κ3) is 4.33. The zero-order valence-corrected chi connectivity index (χ0v) is 15.6. The molecule has 2 aliphatic heterocycles. The topological polar surface area (TPSA) is 96.7 Å². The van der Waals surface area contributed by atoms with Crippen LogP contribution in [0.3, 0.4) is 0 Å².